The van der Waals surface area contributed by atoms with Gasteiger partial charge in [0.2, 0.25) is 0 Å². The highest BCUT2D eigenvalue weighted by atomic mass is 35.5. The van der Waals surface area contributed by atoms with Gasteiger partial charge in [-0.05, 0) is 35.6 Å². The first-order valence-electron chi connectivity index (χ1n) is 5.97. The fourth-order valence-corrected chi connectivity index (χ4v) is 2.94. The van der Waals surface area contributed by atoms with Crippen LogP contribution in [0.2, 0.25) is 5.02 Å². The van der Waals surface area contributed by atoms with Crippen molar-refractivity contribution in [2.24, 2.45) is 5.10 Å². The Kier molecular flexibility index (Phi) is 3.62. The molecule has 4 nitrogen and oxygen atoms in total. The van der Waals surface area contributed by atoms with Crippen molar-refractivity contribution in [2.75, 3.05) is 5.43 Å². The van der Waals surface area contributed by atoms with E-state index in [1.165, 1.54) is 0 Å². The fraction of sp³-hybridized carbons (Fsp3) is 0.0714. The Balaban J connectivity index is 1.83. The summed E-state index contributed by atoms with van der Waals surface area (Å²) in [6, 6.07) is 7.49. The number of aryl methyl sites for hydroxylation is 1. The number of nitrogens with zero attached hydrogens (tertiary/aromatic N) is 3. The Morgan fingerprint density at radius 2 is 2.25 bits per heavy atom. The number of thiophene rings is 1. The van der Waals surface area contributed by atoms with Crippen molar-refractivity contribution < 1.29 is 0 Å². The van der Waals surface area contributed by atoms with Gasteiger partial charge in [-0.1, -0.05) is 23.7 Å². The minimum absolute atomic E-state index is 0.687. The van der Waals surface area contributed by atoms with Gasteiger partial charge in [0, 0.05) is 5.02 Å². The largest absolute Gasteiger partial charge is 0.260 e. The van der Waals surface area contributed by atoms with Crippen molar-refractivity contribution in [2.45, 2.75) is 6.92 Å². The molecule has 1 N–H and O–H groups in total. The molecular weight excluding hydrogens is 292 g/mol. The molecule has 100 valence electrons. The van der Waals surface area contributed by atoms with Crippen molar-refractivity contribution in [1.82, 2.24) is 9.97 Å². The number of hydrazone groups is 1. The molecule has 3 rings (SSSR count). The van der Waals surface area contributed by atoms with Gasteiger partial charge in [-0.3, -0.25) is 5.43 Å². The van der Waals surface area contributed by atoms with E-state index < -0.39 is 0 Å². The fourth-order valence-electron chi connectivity index (χ4n) is 1.80. The predicted molar refractivity (Wildman–Crippen MR) is 84.8 cm³/mol. The molecule has 0 saturated heterocycles. The summed E-state index contributed by atoms with van der Waals surface area (Å²) >= 11 is 7.53. The molecule has 20 heavy (non-hydrogen) atoms. The van der Waals surface area contributed by atoms with Crippen molar-refractivity contribution in [3.8, 4) is 0 Å². The van der Waals surface area contributed by atoms with E-state index in [1.54, 1.807) is 23.9 Å². The number of fused-ring (bicyclic) bond motifs is 1. The summed E-state index contributed by atoms with van der Waals surface area (Å²) < 4.78 is 1.01. The number of nitrogens with one attached hydrogen (secondary N) is 1. The van der Waals surface area contributed by atoms with Crippen molar-refractivity contribution in [1.29, 1.82) is 0 Å². The van der Waals surface area contributed by atoms with E-state index in [-0.39, 0.29) is 0 Å². The van der Waals surface area contributed by atoms with Crippen LogP contribution in [0.1, 0.15) is 11.1 Å². The molecule has 0 aliphatic heterocycles. The molecule has 2 aromatic heterocycles. The van der Waals surface area contributed by atoms with E-state index in [1.807, 2.05) is 31.2 Å². The second-order valence-electron chi connectivity index (χ2n) is 4.24. The van der Waals surface area contributed by atoms with Crippen molar-refractivity contribution in [3.63, 3.8) is 0 Å². The molecule has 6 heteroatoms. The van der Waals surface area contributed by atoms with Crippen LogP contribution in [0.5, 0.6) is 0 Å². The van der Waals surface area contributed by atoms with Gasteiger partial charge in [0.1, 0.15) is 6.33 Å². The normalized spacial score (nSPS) is 11.3. The van der Waals surface area contributed by atoms with Gasteiger partial charge >= 0.3 is 0 Å². The van der Waals surface area contributed by atoms with Gasteiger partial charge < -0.3 is 0 Å². The minimum atomic E-state index is 0.687. The number of rotatable bonds is 3. The lowest BCUT2D eigenvalue weighted by molar-refractivity contribution is 1.18. The average Bonchev–Trinajstić information content (AvgIpc) is 2.82. The SMILES string of the molecule is Cc1csc2c(NN=Cc3cccc(Cl)c3)ncnc12. The van der Waals surface area contributed by atoms with Crippen LogP contribution < -0.4 is 5.43 Å². The van der Waals surface area contributed by atoms with E-state index in [0.717, 1.165) is 21.3 Å². The van der Waals surface area contributed by atoms with Crippen LogP contribution in [0, 0.1) is 6.92 Å². The van der Waals surface area contributed by atoms with Gasteiger partial charge in [0.25, 0.3) is 0 Å². The monoisotopic (exact) mass is 302 g/mol. The summed E-state index contributed by atoms with van der Waals surface area (Å²) in [6.45, 7) is 2.03. The molecule has 0 radical (unpaired) electrons. The molecule has 0 saturated carbocycles. The molecule has 2 heterocycles. The summed E-state index contributed by atoms with van der Waals surface area (Å²) in [5, 5.41) is 6.94. The van der Waals surface area contributed by atoms with Gasteiger partial charge in [-0.15, -0.1) is 11.3 Å². The molecule has 0 amide bonds. The second-order valence-corrected chi connectivity index (χ2v) is 5.56. The Morgan fingerprint density at radius 1 is 1.35 bits per heavy atom. The highest BCUT2D eigenvalue weighted by Gasteiger charge is 2.06. The number of aromatic nitrogens is 2. The summed E-state index contributed by atoms with van der Waals surface area (Å²) in [4.78, 5) is 8.49. The summed E-state index contributed by atoms with van der Waals surface area (Å²) in [6.07, 6.45) is 3.25. The Morgan fingerprint density at radius 3 is 3.10 bits per heavy atom. The highest BCUT2D eigenvalue weighted by molar-refractivity contribution is 7.18. The Labute approximate surface area is 125 Å². The standard InChI is InChI=1S/C14H11ClN4S/c1-9-7-20-13-12(9)16-8-17-14(13)19-18-6-10-3-2-4-11(15)5-10/h2-8H,1H3,(H,16,17,19). The van der Waals surface area contributed by atoms with Gasteiger partial charge in [-0.25, -0.2) is 9.97 Å². The summed E-state index contributed by atoms with van der Waals surface area (Å²) in [5.74, 6) is 0.714. The third kappa shape index (κ3) is 2.64. The van der Waals surface area contributed by atoms with E-state index in [4.69, 9.17) is 11.6 Å². The Hall–Kier alpha value is -1.98. The lowest BCUT2D eigenvalue weighted by Crippen LogP contribution is -1.94. The first-order valence-corrected chi connectivity index (χ1v) is 7.23. The zero-order valence-corrected chi connectivity index (χ0v) is 12.2. The van der Waals surface area contributed by atoms with Crippen LogP contribution in [0.15, 0.2) is 41.1 Å². The molecule has 0 unspecified atom stereocenters. The zero-order valence-electron chi connectivity index (χ0n) is 10.7. The number of benzene rings is 1. The quantitative estimate of drug-likeness (QED) is 0.585. The van der Waals surface area contributed by atoms with Gasteiger partial charge in [0.15, 0.2) is 5.82 Å². The van der Waals surface area contributed by atoms with Crippen LogP contribution in [-0.2, 0) is 0 Å². The van der Waals surface area contributed by atoms with Gasteiger partial charge in [-0.2, -0.15) is 5.10 Å². The molecule has 0 aliphatic rings. The minimum Gasteiger partial charge on any atom is -0.260 e. The van der Waals surface area contributed by atoms with Crippen LogP contribution in [0.25, 0.3) is 10.2 Å². The number of hydrogen-bond acceptors (Lipinski definition) is 5. The molecule has 0 aliphatic carbocycles. The second kappa shape index (κ2) is 5.56. The molecule has 0 bridgehead atoms. The van der Waals surface area contributed by atoms with Crippen molar-refractivity contribution in [3.05, 3.63) is 52.1 Å². The van der Waals surface area contributed by atoms with E-state index in [2.05, 4.69) is 25.9 Å². The summed E-state index contributed by atoms with van der Waals surface area (Å²) in [7, 11) is 0. The van der Waals surface area contributed by atoms with Crippen LogP contribution >= 0.6 is 22.9 Å². The number of anilines is 1. The first-order chi connectivity index (χ1) is 9.74. The maximum atomic E-state index is 5.92. The van der Waals surface area contributed by atoms with Crippen LogP contribution in [0.4, 0.5) is 5.82 Å². The van der Waals surface area contributed by atoms with E-state index in [9.17, 15) is 0 Å². The zero-order chi connectivity index (χ0) is 13.9. The van der Waals surface area contributed by atoms with Crippen molar-refractivity contribution >= 4 is 45.2 Å². The van der Waals surface area contributed by atoms with Crippen LogP contribution in [-0.4, -0.2) is 16.2 Å². The van der Waals surface area contributed by atoms with Gasteiger partial charge in [0.05, 0.1) is 16.4 Å². The first kappa shape index (κ1) is 13.0. The summed E-state index contributed by atoms with van der Waals surface area (Å²) in [5.41, 5.74) is 5.99. The lowest BCUT2D eigenvalue weighted by Gasteiger charge is -2.00. The Bertz CT molecular complexity index is 782. The maximum Gasteiger partial charge on any atom is 0.167 e. The maximum absolute atomic E-state index is 5.92. The number of hydrogen-bond donors (Lipinski definition) is 1. The van der Waals surface area contributed by atoms with Crippen LogP contribution in [0.3, 0.4) is 0 Å². The smallest absolute Gasteiger partial charge is 0.167 e. The predicted octanol–water partition coefficient (Wildman–Crippen LogP) is 4.10. The highest BCUT2D eigenvalue weighted by Crippen LogP contribution is 2.28. The third-order valence-corrected chi connectivity index (χ3v) is 4.09. The molecule has 0 atom stereocenters. The molecule has 0 fully saturated rings. The third-order valence-electron chi connectivity index (χ3n) is 2.76. The molecule has 3 aromatic rings. The molecule has 1 aromatic carbocycles. The molecule has 0 spiro atoms. The lowest BCUT2D eigenvalue weighted by atomic mass is 10.2. The van der Waals surface area contributed by atoms with E-state index in [0.29, 0.717) is 10.8 Å². The number of halogens is 1. The average molecular weight is 303 g/mol. The molecular formula is C14H11ClN4S. The van der Waals surface area contributed by atoms with E-state index >= 15 is 0 Å². The topological polar surface area (TPSA) is 50.2 Å².